The maximum Gasteiger partial charge on any atom is 0.191 e. The second kappa shape index (κ2) is 11.9. The van der Waals surface area contributed by atoms with Crippen LogP contribution in [0.4, 0.5) is 8.78 Å². The van der Waals surface area contributed by atoms with Crippen molar-refractivity contribution in [2.45, 2.75) is 30.3 Å². The Morgan fingerprint density at radius 2 is 1.94 bits per heavy atom. The Hall–Kier alpha value is -2.32. The molecule has 5 nitrogen and oxygen atoms in total. The monoisotopic (exact) mass is 448 g/mol. The van der Waals surface area contributed by atoms with E-state index in [9.17, 15) is 8.78 Å². The maximum atomic E-state index is 13.9. The van der Waals surface area contributed by atoms with Crippen molar-refractivity contribution in [1.82, 2.24) is 15.5 Å². The minimum atomic E-state index is -0.320. The Morgan fingerprint density at radius 3 is 2.61 bits per heavy atom. The molecule has 1 aliphatic rings. The van der Waals surface area contributed by atoms with Crippen molar-refractivity contribution in [3.05, 3.63) is 59.7 Å². The summed E-state index contributed by atoms with van der Waals surface area (Å²) in [6.07, 6.45) is 1.98. The molecule has 3 rings (SSSR count). The molecule has 0 spiro atoms. The number of nitrogens with one attached hydrogen (secondary N) is 2. The molecule has 0 amide bonds. The lowest BCUT2D eigenvalue weighted by atomic mass is 10.0. The highest BCUT2D eigenvalue weighted by molar-refractivity contribution is 7.99. The number of piperidine rings is 1. The molecular weight excluding hydrogens is 418 g/mol. The molecule has 31 heavy (non-hydrogen) atoms. The topological polar surface area (TPSA) is 48.9 Å². The highest BCUT2D eigenvalue weighted by Gasteiger charge is 2.20. The number of methoxy groups -OCH3 is 1. The van der Waals surface area contributed by atoms with E-state index in [1.54, 1.807) is 31.3 Å². The molecular formula is C23H30F2N4OS. The number of likely N-dealkylation sites (tertiary alicyclic amines) is 1. The van der Waals surface area contributed by atoms with E-state index in [1.165, 1.54) is 24.9 Å². The lowest BCUT2D eigenvalue weighted by molar-refractivity contribution is 0.198. The second-order valence-electron chi connectivity index (χ2n) is 7.44. The lowest BCUT2D eigenvalue weighted by Gasteiger charge is -2.33. The van der Waals surface area contributed by atoms with Gasteiger partial charge in [0.15, 0.2) is 17.5 Å². The van der Waals surface area contributed by atoms with Crippen LogP contribution < -0.4 is 15.4 Å². The van der Waals surface area contributed by atoms with Crippen LogP contribution >= 0.6 is 11.8 Å². The first kappa shape index (κ1) is 23.3. The summed E-state index contributed by atoms with van der Waals surface area (Å²) < 4.78 is 32.5. The van der Waals surface area contributed by atoms with Gasteiger partial charge in [-0.15, -0.1) is 11.8 Å². The summed E-state index contributed by atoms with van der Waals surface area (Å²) in [4.78, 5) is 7.30. The molecule has 8 heteroatoms. The normalized spacial score (nSPS) is 15.7. The molecule has 0 bridgehead atoms. The largest absolute Gasteiger partial charge is 0.494 e. The van der Waals surface area contributed by atoms with Gasteiger partial charge in [-0.2, -0.15) is 0 Å². The molecule has 1 saturated heterocycles. The minimum absolute atomic E-state index is 0.181. The summed E-state index contributed by atoms with van der Waals surface area (Å²) in [7, 11) is 3.23. The summed E-state index contributed by atoms with van der Waals surface area (Å²) in [6, 6.07) is 12.3. The summed E-state index contributed by atoms with van der Waals surface area (Å²) in [5, 5.41) is 6.78. The van der Waals surface area contributed by atoms with E-state index in [4.69, 9.17) is 4.74 Å². The third-order valence-electron chi connectivity index (χ3n) is 5.26. The molecule has 0 saturated carbocycles. The van der Waals surface area contributed by atoms with Crippen molar-refractivity contribution >= 4 is 17.7 Å². The van der Waals surface area contributed by atoms with E-state index in [0.29, 0.717) is 17.5 Å². The summed E-state index contributed by atoms with van der Waals surface area (Å²) in [5.41, 5.74) is 0.953. The molecule has 2 aromatic rings. The van der Waals surface area contributed by atoms with Crippen LogP contribution in [0.3, 0.4) is 0 Å². The first-order chi connectivity index (χ1) is 15.1. The molecule has 0 aliphatic carbocycles. The van der Waals surface area contributed by atoms with Crippen LogP contribution in [0.15, 0.2) is 52.4 Å². The predicted octanol–water partition coefficient (Wildman–Crippen LogP) is 3.90. The van der Waals surface area contributed by atoms with Crippen LogP contribution in [0.2, 0.25) is 0 Å². The Labute approximate surface area is 187 Å². The lowest BCUT2D eigenvalue weighted by Crippen LogP contribution is -2.48. The number of benzene rings is 2. The Bertz CT molecular complexity index is 872. The predicted molar refractivity (Wildman–Crippen MR) is 123 cm³/mol. The third kappa shape index (κ3) is 7.11. The van der Waals surface area contributed by atoms with Gasteiger partial charge in [0.05, 0.1) is 7.11 Å². The van der Waals surface area contributed by atoms with E-state index in [2.05, 4.69) is 20.5 Å². The van der Waals surface area contributed by atoms with Gasteiger partial charge in [-0.1, -0.05) is 18.2 Å². The van der Waals surface area contributed by atoms with Crippen molar-refractivity contribution in [3.8, 4) is 5.75 Å². The van der Waals surface area contributed by atoms with Crippen molar-refractivity contribution in [2.24, 2.45) is 4.99 Å². The van der Waals surface area contributed by atoms with Crippen LogP contribution in [-0.2, 0) is 6.54 Å². The fraction of sp³-hybridized carbons (Fsp3) is 0.435. The van der Waals surface area contributed by atoms with Crippen LogP contribution in [0.1, 0.15) is 18.4 Å². The van der Waals surface area contributed by atoms with Crippen LogP contribution in [0.25, 0.3) is 0 Å². The van der Waals surface area contributed by atoms with Gasteiger partial charge in [-0.25, -0.2) is 8.78 Å². The average Bonchev–Trinajstić information content (AvgIpc) is 2.78. The van der Waals surface area contributed by atoms with E-state index in [-0.39, 0.29) is 17.4 Å². The smallest absolute Gasteiger partial charge is 0.191 e. The molecule has 1 heterocycles. The molecule has 0 unspecified atom stereocenters. The molecule has 1 aliphatic heterocycles. The molecule has 0 atom stereocenters. The molecule has 0 aromatic heterocycles. The van der Waals surface area contributed by atoms with E-state index in [0.717, 1.165) is 49.8 Å². The van der Waals surface area contributed by atoms with Gasteiger partial charge in [-0.3, -0.25) is 9.89 Å². The number of thioether (sulfide) groups is 1. The van der Waals surface area contributed by atoms with Crippen molar-refractivity contribution in [3.63, 3.8) is 0 Å². The second-order valence-corrected chi connectivity index (χ2v) is 8.58. The first-order valence-electron chi connectivity index (χ1n) is 10.5. The van der Waals surface area contributed by atoms with Gasteiger partial charge in [0.25, 0.3) is 0 Å². The standard InChI is InChI=1S/C23H30F2N4OS/c1-26-23(27-11-14-31-22-6-4-3-5-19(22)24)28-18-9-12-29(13-10-18)16-17-7-8-21(30-2)20(25)15-17/h3-8,15,18H,9-14,16H2,1-2H3,(H2,26,27,28). The van der Waals surface area contributed by atoms with Gasteiger partial charge in [0.1, 0.15) is 5.82 Å². The maximum absolute atomic E-state index is 13.9. The van der Waals surface area contributed by atoms with Crippen molar-refractivity contribution in [1.29, 1.82) is 0 Å². The number of halogens is 2. The number of guanidine groups is 1. The fourth-order valence-electron chi connectivity index (χ4n) is 3.58. The van der Waals surface area contributed by atoms with Gasteiger partial charge >= 0.3 is 0 Å². The highest BCUT2D eigenvalue weighted by Crippen LogP contribution is 2.21. The summed E-state index contributed by atoms with van der Waals surface area (Å²) in [5.74, 6) is 1.29. The number of rotatable bonds is 8. The fourth-order valence-corrected chi connectivity index (χ4v) is 4.39. The molecule has 1 fully saturated rings. The molecule has 2 aromatic carbocycles. The quantitative estimate of drug-likeness (QED) is 0.278. The number of aliphatic imine (C=N–C) groups is 1. The zero-order chi connectivity index (χ0) is 22.1. The van der Waals surface area contributed by atoms with E-state index >= 15 is 0 Å². The highest BCUT2D eigenvalue weighted by atomic mass is 32.2. The van der Waals surface area contributed by atoms with Gasteiger partial charge in [-0.05, 0) is 42.7 Å². The SMILES string of the molecule is CN=C(NCCSc1ccccc1F)NC1CCN(Cc2ccc(OC)c(F)c2)CC1. The van der Waals surface area contributed by atoms with Crippen molar-refractivity contribution < 1.29 is 13.5 Å². The van der Waals surface area contributed by atoms with Crippen molar-refractivity contribution in [2.75, 3.05) is 39.5 Å². The summed E-state index contributed by atoms with van der Waals surface area (Å²) in [6.45, 7) is 3.30. The first-order valence-corrected chi connectivity index (χ1v) is 11.5. The van der Waals surface area contributed by atoms with Crippen LogP contribution in [-0.4, -0.2) is 56.4 Å². The third-order valence-corrected chi connectivity index (χ3v) is 6.31. The number of hydrogen-bond donors (Lipinski definition) is 2. The van der Waals surface area contributed by atoms with Gasteiger partial charge in [0, 0.05) is 49.9 Å². The molecule has 0 radical (unpaired) electrons. The van der Waals surface area contributed by atoms with E-state index < -0.39 is 0 Å². The number of nitrogens with zero attached hydrogens (tertiary/aromatic N) is 2. The zero-order valence-electron chi connectivity index (χ0n) is 18.0. The van der Waals surface area contributed by atoms with Gasteiger partial charge in [0.2, 0.25) is 0 Å². The van der Waals surface area contributed by atoms with E-state index in [1.807, 2.05) is 12.1 Å². The number of ether oxygens (including phenoxy) is 1. The van der Waals surface area contributed by atoms with Gasteiger partial charge < -0.3 is 15.4 Å². The minimum Gasteiger partial charge on any atom is -0.494 e. The van der Waals surface area contributed by atoms with Crippen LogP contribution in [0.5, 0.6) is 5.75 Å². The Kier molecular flexibility index (Phi) is 8.97. The molecule has 2 N–H and O–H groups in total. The van der Waals surface area contributed by atoms with Crippen LogP contribution in [0, 0.1) is 11.6 Å². The number of hydrogen-bond acceptors (Lipinski definition) is 4. The Balaban J connectivity index is 1.37. The molecule has 168 valence electrons. The zero-order valence-corrected chi connectivity index (χ0v) is 18.9. The average molecular weight is 449 g/mol. The Morgan fingerprint density at radius 1 is 1.16 bits per heavy atom. The summed E-state index contributed by atoms with van der Waals surface area (Å²) >= 11 is 1.49.